The van der Waals surface area contributed by atoms with Crippen molar-refractivity contribution in [3.63, 3.8) is 0 Å². The molecule has 0 fully saturated rings. The van der Waals surface area contributed by atoms with Crippen molar-refractivity contribution < 1.29 is 4.74 Å². The van der Waals surface area contributed by atoms with Crippen molar-refractivity contribution in [2.45, 2.75) is 40.4 Å². The Morgan fingerprint density at radius 2 is 1.53 bits per heavy atom. The fraction of sp³-hybridized carbons (Fsp3) is 0.538. The summed E-state index contributed by atoms with van der Waals surface area (Å²) in [5, 5.41) is 1.51. The van der Waals surface area contributed by atoms with Gasteiger partial charge in [0, 0.05) is 0 Å². The first-order valence-electron chi connectivity index (χ1n) is 5.60. The van der Waals surface area contributed by atoms with Crippen LogP contribution >= 0.6 is 0 Å². The van der Waals surface area contributed by atoms with E-state index in [1.165, 1.54) is 16.3 Å². The lowest BCUT2D eigenvalue weighted by Crippen LogP contribution is -2.37. The number of hydrogen-bond donors (Lipinski definition) is 0. The van der Waals surface area contributed by atoms with Crippen LogP contribution in [0, 0.1) is 13.8 Å². The lowest BCUT2D eigenvalue weighted by molar-refractivity contribution is 0.335. The lowest BCUT2D eigenvalue weighted by atomic mass is 10.1. The molecular weight excluding hydrogens is 200 g/mol. The van der Waals surface area contributed by atoms with E-state index >= 15 is 0 Å². The molecule has 0 saturated carbocycles. The largest absolute Gasteiger partial charge is 0.493 e. The SMILES string of the molecule is CCOc1c(C)cc([Si](C)(C)C)cc1C. The predicted octanol–water partition coefficient (Wildman–Crippen LogP) is 3.25. The van der Waals surface area contributed by atoms with Gasteiger partial charge in [0.05, 0.1) is 14.7 Å². The Morgan fingerprint density at radius 3 is 1.87 bits per heavy atom. The van der Waals surface area contributed by atoms with Crippen LogP contribution in [0.1, 0.15) is 18.1 Å². The lowest BCUT2D eigenvalue weighted by Gasteiger charge is -2.20. The maximum atomic E-state index is 5.65. The summed E-state index contributed by atoms with van der Waals surface area (Å²) in [7, 11) is -1.20. The summed E-state index contributed by atoms with van der Waals surface area (Å²) >= 11 is 0. The zero-order chi connectivity index (χ0) is 11.6. The Bertz CT molecular complexity index is 327. The highest BCUT2D eigenvalue weighted by atomic mass is 28.3. The van der Waals surface area contributed by atoms with Crippen molar-refractivity contribution in [3.05, 3.63) is 23.3 Å². The van der Waals surface area contributed by atoms with Crippen LogP contribution in [-0.2, 0) is 0 Å². The topological polar surface area (TPSA) is 9.23 Å². The standard InChI is InChI=1S/C13H22OSi/c1-7-14-13-10(2)8-12(9-11(13)3)15(4,5)6/h8-9H,7H2,1-6H3. The Hall–Kier alpha value is -0.763. The smallest absolute Gasteiger partial charge is 0.125 e. The van der Waals surface area contributed by atoms with Crippen LogP contribution in [0.3, 0.4) is 0 Å². The second-order valence-electron chi connectivity index (χ2n) is 5.12. The van der Waals surface area contributed by atoms with Gasteiger partial charge < -0.3 is 4.74 Å². The molecule has 0 aliphatic rings. The molecule has 0 bridgehead atoms. The zero-order valence-corrected chi connectivity index (χ0v) is 11.8. The number of benzene rings is 1. The van der Waals surface area contributed by atoms with Gasteiger partial charge >= 0.3 is 0 Å². The van der Waals surface area contributed by atoms with Gasteiger partial charge in [-0.05, 0) is 31.9 Å². The fourth-order valence-electron chi connectivity index (χ4n) is 1.76. The molecule has 0 radical (unpaired) electrons. The van der Waals surface area contributed by atoms with E-state index in [2.05, 4.69) is 45.6 Å². The third-order valence-electron chi connectivity index (χ3n) is 2.62. The minimum absolute atomic E-state index is 0.744. The molecule has 0 aliphatic carbocycles. The normalized spacial score (nSPS) is 11.6. The van der Waals surface area contributed by atoms with E-state index in [-0.39, 0.29) is 0 Å². The van der Waals surface area contributed by atoms with E-state index in [1.54, 1.807) is 0 Å². The van der Waals surface area contributed by atoms with E-state index in [0.717, 1.165) is 12.4 Å². The van der Waals surface area contributed by atoms with Crippen LogP contribution in [0.4, 0.5) is 0 Å². The third kappa shape index (κ3) is 2.85. The number of hydrogen-bond acceptors (Lipinski definition) is 1. The molecule has 0 N–H and O–H groups in total. The Morgan fingerprint density at radius 1 is 1.07 bits per heavy atom. The van der Waals surface area contributed by atoms with Crippen LogP contribution in [0.2, 0.25) is 19.6 Å². The van der Waals surface area contributed by atoms with Crippen molar-refractivity contribution in [1.82, 2.24) is 0 Å². The first kappa shape index (κ1) is 12.3. The number of rotatable bonds is 3. The molecule has 0 spiro atoms. The Balaban J connectivity index is 3.19. The number of aryl methyl sites for hydroxylation is 2. The Labute approximate surface area is 94.5 Å². The average Bonchev–Trinajstić information content (AvgIpc) is 2.09. The molecule has 0 amide bonds. The van der Waals surface area contributed by atoms with Gasteiger partial charge in [0.2, 0.25) is 0 Å². The van der Waals surface area contributed by atoms with Crippen LogP contribution in [0.25, 0.3) is 0 Å². The van der Waals surface area contributed by atoms with Gasteiger partial charge in [-0.1, -0.05) is 37.0 Å². The first-order chi connectivity index (χ1) is 6.86. The molecular formula is C13H22OSi. The highest BCUT2D eigenvalue weighted by Gasteiger charge is 2.18. The highest BCUT2D eigenvalue weighted by Crippen LogP contribution is 2.22. The summed E-state index contributed by atoms with van der Waals surface area (Å²) in [6.07, 6.45) is 0. The summed E-state index contributed by atoms with van der Waals surface area (Å²) in [6, 6.07) is 4.59. The molecule has 15 heavy (non-hydrogen) atoms. The molecule has 0 unspecified atom stereocenters. The molecule has 0 heterocycles. The molecule has 0 atom stereocenters. The summed E-state index contributed by atoms with van der Waals surface area (Å²) in [5.74, 6) is 1.07. The highest BCUT2D eigenvalue weighted by molar-refractivity contribution is 6.88. The average molecular weight is 222 g/mol. The van der Waals surface area contributed by atoms with Crippen molar-refractivity contribution >= 4 is 13.3 Å². The van der Waals surface area contributed by atoms with E-state index < -0.39 is 8.07 Å². The zero-order valence-electron chi connectivity index (χ0n) is 10.8. The second kappa shape index (κ2) is 4.39. The van der Waals surface area contributed by atoms with Crippen molar-refractivity contribution in [2.24, 2.45) is 0 Å². The van der Waals surface area contributed by atoms with Crippen molar-refractivity contribution in [1.29, 1.82) is 0 Å². The summed E-state index contributed by atoms with van der Waals surface area (Å²) in [4.78, 5) is 0. The van der Waals surface area contributed by atoms with Crippen LogP contribution in [0.5, 0.6) is 5.75 Å². The molecule has 1 nitrogen and oxygen atoms in total. The van der Waals surface area contributed by atoms with Gasteiger partial charge in [0.15, 0.2) is 0 Å². The molecule has 2 heteroatoms. The van der Waals surface area contributed by atoms with Crippen LogP contribution in [-0.4, -0.2) is 14.7 Å². The van der Waals surface area contributed by atoms with Gasteiger partial charge in [-0.3, -0.25) is 0 Å². The quantitative estimate of drug-likeness (QED) is 0.713. The third-order valence-corrected chi connectivity index (χ3v) is 4.64. The van der Waals surface area contributed by atoms with Gasteiger partial charge in [-0.25, -0.2) is 0 Å². The molecule has 0 aliphatic heterocycles. The van der Waals surface area contributed by atoms with E-state index in [9.17, 15) is 0 Å². The summed E-state index contributed by atoms with van der Waals surface area (Å²) in [6.45, 7) is 14.2. The maximum Gasteiger partial charge on any atom is 0.125 e. The molecule has 0 saturated heterocycles. The summed E-state index contributed by atoms with van der Waals surface area (Å²) < 4.78 is 5.65. The monoisotopic (exact) mass is 222 g/mol. The minimum Gasteiger partial charge on any atom is -0.493 e. The van der Waals surface area contributed by atoms with Gasteiger partial charge in [-0.2, -0.15) is 0 Å². The van der Waals surface area contributed by atoms with Gasteiger partial charge in [-0.15, -0.1) is 0 Å². The second-order valence-corrected chi connectivity index (χ2v) is 10.2. The van der Waals surface area contributed by atoms with E-state index in [4.69, 9.17) is 4.74 Å². The maximum absolute atomic E-state index is 5.65. The van der Waals surface area contributed by atoms with Crippen LogP contribution < -0.4 is 9.92 Å². The van der Waals surface area contributed by atoms with Gasteiger partial charge in [0.25, 0.3) is 0 Å². The molecule has 84 valence electrons. The van der Waals surface area contributed by atoms with Gasteiger partial charge in [0.1, 0.15) is 5.75 Å². The molecule has 0 aromatic heterocycles. The van der Waals surface area contributed by atoms with Crippen molar-refractivity contribution in [3.8, 4) is 5.75 Å². The first-order valence-corrected chi connectivity index (χ1v) is 9.10. The summed E-state index contributed by atoms with van der Waals surface area (Å²) in [5.41, 5.74) is 2.54. The molecule has 1 aromatic carbocycles. The molecule has 1 aromatic rings. The molecule has 1 rings (SSSR count). The minimum atomic E-state index is -1.20. The number of ether oxygens (including phenoxy) is 1. The Kier molecular flexibility index (Phi) is 3.61. The van der Waals surface area contributed by atoms with Crippen molar-refractivity contribution in [2.75, 3.05) is 6.61 Å². The van der Waals surface area contributed by atoms with E-state index in [0.29, 0.717) is 0 Å². The van der Waals surface area contributed by atoms with E-state index in [1.807, 2.05) is 6.92 Å². The predicted molar refractivity (Wildman–Crippen MR) is 70.1 cm³/mol. The fourth-order valence-corrected chi connectivity index (χ4v) is 3.05. The van der Waals surface area contributed by atoms with Crippen LogP contribution in [0.15, 0.2) is 12.1 Å².